The van der Waals surface area contributed by atoms with E-state index in [-0.39, 0.29) is 4.38 Å². The molecule has 0 heterocycles. The first-order valence-corrected chi connectivity index (χ1v) is 2.53. The largest absolute Gasteiger partial charge is 0.223 e. The Bertz CT molecular complexity index is 150. The van der Waals surface area contributed by atoms with Crippen molar-refractivity contribution in [3.05, 3.63) is 0 Å². The average molecular weight is 145 g/mol. The van der Waals surface area contributed by atoms with Gasteiger partial charge in [0, 0.05) is 0 Å². The lowest BCUT2D eigenvalue weighted by Gasteiger charge is -1.74. The second-order valence-corrected chi connectivity index (χ2v) is 1.97. The summed E-state index contributed by atoms with van der Waals surface area (Å²) in [6, 6.07) is 0. The van der Waals surface area contributed by atoms with Crippen LogP contribution >= 0.6 is 25.3 Å². The van der Waals surface area contributed by atoms with E-state index in [0.717, 1.165) is 6.34 Å². The molecule has 0 atom stereocenters. The molecule has 0 amide bonds. The Kier molecular flexibility index (Phi) is 4.41. The zero-order valence-electron chi connectivity index (χ0n) is 3.81. The summed E-state index contributed by atoms with van der Waals surface area (Å²) >= 11 is 7.37. The van der Waals surface area contributed by atoms with E-state index in [1.165, 1.54) is 6.19 Å². The van der Waals surface area contributed by atoms with E-state index >= 15 is 0 Å². The summed E-state index contributed by atoms with van der Waals surface area (Å²) in [5.74, 6) is 0. The van der Waals surface area contributed by atoms with Crippen molar-refractivity contribution in [3.63, 3.8) is 0 Å². The van der Waals surface area contributed by atoms with Crippen LogP contribution in [0.15, 0.2) is 9.98 Å². The van der Waals surface area contributed by atoms with Crippen LogP contribution in [0.3, 0.4) is 0 Å². The molecule has 0 N–H and O–H groups in total. The number of aliphatic imine (C=N–C) groups is 2. The standard InChI is InChI=1S/C3H3N3S2/c4-1-5-2-6-3(7)8/h2H,(H2,5,6,7,8). The van der Waals surface area contributed by atoms with E-state index in [2.05, 4.69) is 35.2 Å². The van der Waals surface area contributed by atoms with Gasteiger partial charge in [-0.15, -0.1) is 25.3 Å². The first-order chi connectivity index (χ1) is 3.77. The molecule has 0 aliphatic carbocycles. The van der Waals surface area contributed by atoms with E-state index < -0.39 is 0 Å². The molecular weight excluding hydrogens is 142 g/mol. The van der Waals surface area contributed by atoms with E-state index in [0.29, 0.717) is 0 Å². The number of hydrogen-bond acceptors (Lipinski definition) is 2. The van der Waals surface area contributed by atoms with Crippen molar-refractivity contribution in [1.82, 2.24) is 0 Å². The number of rotatable bonds is 1. The fourth-order valence-corrected chi connectivity index (χ4v) is 0.210. The third-order valence-corrected chi connectivity index (χ3v) is 0.520. The SMILES string of the molecule is N#C/N=C/N=C(S)S. The zero-order valence-corrected chi connectivity index (χ0v) is 5.60. The maximum Gasteiger partial charge on any atom is 0.207 e. The first kappa shape index (κ1) is 7.53. The smallest absolute Gasteiger partial charge is 0.207 e. The van der Waals surface area contributed by atoms with Gasteiger partial charge >= 0.3 is 0 Å². The Labute approximate surface area is 58.0 Å². The van der Waals surface area contributed by atoms with E-state index in [4.69, 9.17) is 5.26 Å². The Morgan fingerprint density at radius 3 is 2.62 bits per heavy atom. The molecule has 0 aliphatic rings. The highest BCUT2D eigenvalue weighted by atomic mass is 32.2. The van der Waals surface area contributed by atoms with Gasteiger partial charge in [-0.25, -0.2) is 4.99 Å². The molecule has 0 aromatic carbocycles. The molecule has 0 spiro atoms. The van der Waals surface area contributed by atoms with Gasteiger partial charge in [0.05, 0.1) is 0 Å². The zero-order chi connectivity index (χ0) is 6.41. The van der Waals surface area contributed by atoms with Gasteiger partial charge in [-0.3, -0.25) is 0 Å². The van der Waals surface area contributed by atoms with Gasteiger partial charge < -0.3 is 0 Å². The van der Waals surface area contributed by atoms with Crippen LogP contribution < -0.4 is 0 Å². The first-order valence-electron chi connectivity index (χ1n) is 1.63. The van der Waals surface area contributed by atoms with Crippen LogP contribution in [0.25, 0.3) is 0 Å². The van der Waals surface area contributed by atoms with Crippen molar-refractivity contribution in [2.75, 3.05) is 0 Å². The van der Waals surface area contributed by atoms with Crippen molar-refractivity contribution >= 4 is 36.0 Å². The fraction of sp³-hybridized carbons (Fsp3) is 0. The van der Waals surface area contributed by atoms with E-state index in [1.54, 1.807) is 0 Å². The van der Waals surface area contributed by atoms with Crippen molar-refractivity contribution in [2.45, 2.75) is 0 Å². The lowest BCUT2D eigenvalue weighted by molar-refractivity contribution is 1.44. The van der Waals surface area contributed by atoms with Crippen LogP contribution in [0.4, 0.5) is 0 Å². The monoisotopic (exact) mass is 145 g/mol. The van der Waals surface area contributed by atoms with Crippen LogP contribution in [0.1, 0.15) is 0 Å². The minimum atomic E-state index is 0.281. The lowest BCUT2D eigenvalue weighted by Crippen LogP contribution is -1.70. The molecule has 0 saturated heterocycles. The highest BCUT2D eigenvalue weighted by Crippen LogP contribution is 1.85. The van der Waals surface area contributed by atoms with Gasteiger partial charge in [-0.05, 0) is 0 Å². The molecule has 0 aromatic heterocycles. The molecule has 0 bridgehead atoms. The lowest BCUT2D eigenvalue weighted by atomic mass is 11.2. The van der Waals surface area contributed by atoms with Crippen LogP contribution in [0.2, 0.25) is 0 Å². The van der Waals surface area contributed by atoms with E-state index in [9.17, 15) is 0 Å². The predicted octanol–water partition coefficient (Wildman–Crippen LogP) is 0.711. The average Bonchev–Trinajstić information content (AvgIpc) is 1.66. The molecule has 0 rings (SSSR count). The van der Waals surface area contributed by atoms with Gasteiger partial charge in [0.25, 0.3) is 0 Å². The predicted molar refractivity (Wildman–Crippen MR) is 39.5 cm³/mol. The van der Waals surface area contributed by atoms with Crippen LogP contribution in [-0.4, -0.2) is 10.7 Å². The van der Waals surface area contributed by atoms with Crippen molar-refractivity contribution < 1.29 is 0 Å². The summed E-state index contributed by atoms with van der Waals surface area (Å²) < 4.78 is 0.281. The van der Waals surface area contributed by atoms with Gasteiger partial charge in [-0.1, -0.05) is 0 Å². The third kappa shape index (κ3) is 5.53. The molecule has 0 radical (unpaired) electrons. The van der Waals surface area contributed by atoms with Crippen molar-refractivity contribution in [2.24, 2.45) is 9.98 Å². The van der Waals surface area contributed by atoms with Crippen molar-refractivity contribution in [3.8, 4) is 6.19 Å². The van der Waals surface area contributed by atoms with Gasteiger partial charge in [0.2, 0.25) is 6.19 Å². The molecular formula is C3H3N3S2. The summed E-state index contributed by atoms with van der Waals surface area (Å²) in [4.78, 5) is 6.55. The quantitative estimate of drug-likeness (QED) is 0.243. The molecule has 3 nitrogen and oxygen atoms in total. The third-order valence-electron chi connectivity index (χ3n) is 0.289. The Morgan fingerprint density at radius 1 is 1.62 bits per heavy atom. The number of nitriles is 1. The summed E-state index contributed by atoms with van der Waals surface area (Å²) in [6.07, 6.45) is 2.60. The molecule has 8 heavy (non-hydrogen) atoms. The van der Waals surface area contributed by atoms with Crippen LogP contribution in [0.5, 0.6) is 0 Å². The Morgan fingerprint density at radius 2 is 2.25 bits per heavy atom. The molecule has 0 aliphatic heterocycles. The minimum absolute atomic E-state index is 0.281. The molecule has 0 unspecified atom stereocenters. The summed E-state index contributed by atoms with van der Waals surface area (Å²) in [6.45, 7) is 0. The molecule has 0 fully saturated rings. The van der Waals surface area contributed by atoms with Crippen LogP contribution in [0, 0.1) is 11.5 Å². The molecule has 42 valence electrons. The Balaban J connectivity index is 3.63. The second-order valence-electron chi connectivity index (χ2n) is 0.774. The van der Waals surface area contributed by atoms with Gasteiger partial charge in [0.15, 0.2) is 0 Å². The number of nitrogens with zero attached hydrogens (tertiary/aromatic N) is 3. The van der Waals surface area contributed by atoms with Crippen molar-refractivity contribution in [1.29, 1.82) is 5.26 Å². The van der Waals surface area contributed by atoms with Crippen LogP contribution in [-0.2, 0) is 0 Å². The Hall–Kier alpha value is -0.470. The molecule has 0 aromatic rings. The number of hydrogen-bond donors (Lipinski definition) is 2. The number of thiol groups is 2. The maximum absolute atomic E-state index is 7.81. The summed E-state index contributed by atoms with van der Waals surface area (Å²) in [7, 11) is 0. The summed E-state index contributed by atoms with van der Waals surface area (Å²) in [5, 5.41) is 7.81. The highest BCUT2D eigenvalue weighted by Gasteiger charge is 1.71. The fourth-order valence-electron chi connectivity index (χ4n) is 0.106. The van der Waals surface area contributed by atoms with Gasteiger partial charge in [0.1, 0.15) is 10.7 Å². The topological polar surface area (TPSA) is 48.5 Å². The highest BCUT2D eigenvalue weighted by molar-refractivity contribution is 8.23. The normalized spacial score (nSPS) is 8.62. The second kappa shape index (κ2) is 4.68. The molecule has 5 heteroatoms. The van der Waals surface area contributed by atoms with E-state index in [1.807, 2.05) is 0 Å². The summed E-state index contributed by atoms with van der Waals surface area (Å²) in [5.41, 5.74) is 0. The maximum atomic E-state index is 7.81. The van der Waals surface area contributed by atoms with Gasteiger partial charge in [-0.2, -0.15) is 10.3 Å². The molecule has 0 saturated carbocycles. The minimum Gasteiger partial charge on any atom is -0.223 e.